The van der Waals surface area contributed by atoms with Gasteiger partial charge in [-0.25, -0.2) is 0 Å². The first-order valence-corrected chi connectivity index (χ1v) is 7.81. The van der Waals surface area contributed by atoms with Crippen molar-refractivity contribution in [3.05, 3.63) is 57.6 Å². The van der Waals surface area contributed by atoms with Crippen LogP contribution in [0.3, 0.4) is 0 Å². The van der Waals surface area contributed by atoms with Crippen LogP contribution in [0.5, 0.6) is 0 Å². The maximum atomic E-state index is 9.63. The molecule has 0 bridgehead atoms. The maximum absolute atomic E-state index is 9.63. The number of halogens is 1. The molecule has 0 fully saturated rings. The van der Waals surface area contributed by atoms with Crippen LogP contribution >= 0.6 is 27.7 Å². The highest BCUT2D eigenvalue weighted by Crippen LogP contribution is 2.34. The molecule has 2 aromatic rings. The molecule has 0 heterocycles. The van der Waals surface area contributed by atoms with Crippen LogP contribution in [0.2, 0.25) is 0 Å². The lowest BCUT2D eigenvalue weighted by Crippen LogP contribution is -1.92. The minimum atomic E-state index is -0.450. The zero-order valence-electron chi connectivity index (χ0n) is 11.3. The SMILES string of the molecule is Cc1ccc(C)c(Sc2ccc(C(C)O)c(Br)c2)c1. The summed E-state index contributed by atoms with van der Waals surface area (Å²) in [6.07, 6.45) is -0.450. The van der Waals surface area contributed by atoms with Crippen molar-refractivity contribution in [3.8, 4) is 0 Å². The Balaban J connectivity index is 2.29. The molecule has 2 aromatic carbocycles. The Morgan fingerprint density at radius 2 is 1.84 bits per heavy atom. The van der Waals surface area contributed by atoms with Gasteiger partial charge in [0.05, 0.1) is 6.10 Å². The number of aliphatic hydroxyl groups excluding tert-OH is 1. The summed E-state index contributed by atoms with van der Waals surface area (Å²) in [4.78, 5) is 2.45. The Kier molecular flexibility index (Phi) is 4.71. The summed E-state index contributed by atoms with van der Waals surface area (Å²) in [6, 6.07) is 12.6. The second-order valence-electron chi connectivity index (χ2n) is 4.73. The summed E-state index contributed by atoms with van der Waals surface area (Å²) in [7, 11) is 0. The van der Waals surface area contributed by atoms with Gasteiger partial charge in [0.25, 0.3) is 0 Å². The van der Waals surface area contributed by atoms with Gasteiger partial charge in [-0.15, -0.1) is 0 Å². The van der Waals surface area contributed by atoms with Crippen molar-refractivity contribution in [2.45, 2.75) is 36.7 Å². The molecule has 100 valence electrons. The molecule has 0 aliphatic carbocycles. The lowest BCUT2D eigenvalue weighted by atomic mass is 10.1. The molecule has 0 radical (unpaired) electrons. The third-order valence-electron chi connectivity index (χ3n) is 2.99. The Bertz CT molecular complexity index is 593. The molecule has 1 nitrogen and oxygen atoms in total. The molecular formula is C16H17BrOS. The molecule has 19 heavy (non-hydrogen) atoms. The van der Waals surface area contributed by atoms with E-state index in [1.165, 1.54) is 20.9 Å². The van der Waals surface area contributed by atoms with E-state index >= 15 is 0 Å². The smallest absolute Gasteiger partial charge is 0.0772 e. The highest BCUT2D eigenvalue weighted by molar-refractivity contribution is 9.10. The van der Waals surface area contributed by atoms with E-state index in [1.807, 2.05) is 6.07 Å². The summed E-state index contributed by atoms with van der Waals surface area (Å²) in [5.41, 5.74) is 3.48. The average molecular weight is 337 g/mol. The number of aliphatic hydroxyl groups is 1. The Hall–Kier alpha value is -0.770. The van der Waals surface area contributed by atoms with E-state index in [1.54, 1.807) is 18.7 Å². The van der Waals surface area contributed by atoms with Crippen LogP contribution in [0.1, 0.15) is 29.7 Å². The molecule has 3 heteroatoms. The van der Waals surface area contributed by atoms with Gasteiger partial charge in [-0.05, 0) is 55.7 Å². The average Bonchev–Trinajstić information content (AvgIpc) is 2.33. The van der Waals surface area contributed by atoms with Gasteiger partial charge in [-0.2, -0.15) is 0 Å². The monoisotopic (exact) mass is 336 g/mol. The summed E-state index contributed by atoms with van der Waals surface area (Å²) in [5, 5.41) is 9.63. The zero-order valence-corrected chi connectivity index (χ0v) is 13.7. The first kappa shape index (κ1) is 14.6. The summed E-state index contributed by atoms with van der Waals surface area (Å²) < 4.78 is 0.956. The molecular weight excluding hydrogens is 320 g/mol. The zero-order chi connectivity index (χ0) is 14.0. The number of aryl methyl sites for hydroxylation is 2. The standard InChI is InChI=1S/C16H17BrOS/c1-10-4-5-11(2)16(8-10)19-13-6-7-14(12(3)18)15(17)9-13/h4-9,12,18H,1-3H3. The van der Waals surface area contributed by atoms with E-state index in [0.29, 0.717) is 0 Å². The van der Waals surface area contributed by atoms with E-state index in [9.17, 15) is 5.11 Å². The fourth-order valence-corrected chi connectivity index (χ4v) is 3.76. The van der Waals surface area contributed by atoms with Gasteiger partial charge in [-0.3, -0.25) is 0 Å². The minimum absolute atomic E-state index is 0.450. The Morgan fingerprint density at radius 1 is 1.11 bits per heavy atom. The van der Waals surface area contributed by atoms with E-state index in [0.717, 1.165) is 10.0 Å². The molecule has 0 saturated carbocycles. The summed E-state index contributed by atoms with van der Waals surface area (Å²) >= 11 is 5.27. The molecule has 2 rings (SSSR count). The number of rotatable bonds is 3. The fraction of sp³-hybridized carbons (Fsp3) is 0.250. The van der Waals surface area contributed by atoms with Crippen LogP contribution < -0.4 is 0 Å². The predicted molar refractivity (Wildman–Crippen MR) is 84.8 cm³/mol. The summed E-state index contributed by atoms with van der Waals surface area (Å²) in [6.45, 7) is 6.01. The number of hydrogen-bond donors (Lipinski definition) is 1. The topological polar surface area (TPSA) is 20.2 Å². The van der Waals surface area contributed by atoms with Gasteiger partial charge in [0.1, 0.15) is 0 Å². The van der Waals surface area contributed by atoms with Crippen LogP contribution in [0.4, 0.5) is 0 Å². The molecule has 0 spiro atoms. The van der Waals surface area contributed by atoms with E-state index in [-0.39, 0.29) is 0 Å². The molecule has 0 aliphatic rings. The lowest BCUT2D eigenvalue weighted by molar-refractivity contribution is 0.198. The van der Waals surface area contributed by atoms with Gasteiger partial charge < -0.3 is 5.11 Å². The lowest BCUT2D eigenvalue weighted by Gasteiger charge is -2.11. The van der Waals surface area contributed by atoms with Crippen molar-refractivity contribution in [3.63, 3.8) is 0 Å². The molecule has 1 unspecified atom stereocenters. The van der Waals surface area contributed by atoms with Crippen molar-refractivity contribution in [2.75, 3.05) is 0 Å². The molecule has 0 aliphatic heterocycles. The minimum Gasteiger partial charge on any atom is -0.389 e. The van der Waals surface area contributed by atoms with Crippen LogP contribution in [0.15, 0.2) is 50.7 Å². The van der Waals surface area contributed by atoms with Gasteiger partial charge in [0, 0.05) is 14.3 Å². The highest BCUT2D eigenvalue weighted by Gasteiger charge is 2.08. The number of benzene rings is 2. The van der Waals surface area contributed by atoms with Crippen molar-refractivity contribution < 1.29 is 5.11 Å². The van der Waals surface area contributed by atoms with E-state index < -0.39 is 6.10 Å². The van der Waals surface area contributed by atoms with Crippen molar-refractivity contribution in [1.82, 2.24) is 0 Å². The first-order valence-electron chi connectivity index (χ1n) is 6.20. The van der Waals surface area contributed by atoms with Crippen LogP contribution in [-0.4, -0.2) is 5.11 Å². The normalized spacial score (nSPS) is 12.5. The molecule has 0 aromatic heterocycles. The fourth-order valence-electron chi connectivity index (χ4n) is 1.85. The van der Waals surface area contributed by atoms with Gasteiger partial charge in [0.15, 0.2) is 0 Å². The van der Waals surface area contributed by atoms with Crippen molar-refractivity contribution in [1.29, 1.82) is 0 Å². The van der Waals surface area contributed by atoms with Crippen LogP contribution in [-0.2, 0) is 0 Å². The van der Waals surface area contributed by atoms with E-state index in [2.05, 4.69) is 60.1 Å². The molecule has 0 saturated heterocycles. The highest BCUT2D eigenvalue weighted by atomic mass is 79.9. The molecule has 0 amide bonds. The van der Waals surface area contributed by atoms with Crippen LogP contribution in [0.25, 0.3) is 0 Å². The van der Waals surface area contributed by atoms with Crippen molar-refractivity contribution >= 4 is 27.7 Å². The van der Waals surface area contributed by atoms with Crippen LogP contribution in [0, 0.1) is 13.8 Å². The third-order valence-corrected chi connectivity index (χ3v) is 4.83. The molecule has 1 atom stereocenters. The maximum Gasteiger partial charge on any atom is 0.0772 e. The Morgan fingerprint density at radius 3 is 2.47 bits per heavy atom. The first-order chi connectivity index (χ1) is 8.97. The van der Waals surface area contributed by atoms with E-state index in [4.69, 9.17) is 0 Å². The second kappa shape index (κ2) is 6.12. The Labute approximate surface area is 127 Å². The van der Waals surface area contributed by atoms with Gasteiger partial charge in [-0.1, -0.05) is 45.9 Å². The molecule has 1 N–H and O–H groups in total. The van der Waals surface area contributed by atoms with Gasteiger partial charge in [0.2, 0.25) is 0 Å². The van der Waals surface area contributed by atoms with Gasteiger partial charge >= 0.3 is 0 Å². The van der Waals surface area contributed by atoms with Crippen molar-refractivity contribution in [2.24, 2.45) is 0 Å². The largest absolute Gasteiger partial charge is 0.389 e. The quantitative estimate of drug-likeness (QED) is 0.823. The second-order valence-corrected chi connectivity index (χ2v) is 6.70. The summed E-state index contributed by atoms with van der Waals surface area (Å²) in [5.74, 6) is 0. The third kappa shape index (κ3) is 3.62. The number of hydrogen-bond acceptors (Lipinski definition) is 2. The predicted octanol–water partition coefficient (Wildman–Crippen LogP) is 5.27.